The molecule has 72 valence electrons. The van der Waals surface area contributed by atoms with Crippen LogP contribution in [0.25, 0.3) is 0 Å². The average molecular weight is 182 g/mol. The summed E-state index contributed by atoms with van der Waals surface area (Å²) in [6.45, 7) is 0.477. The Bertz CT molecular complexity index is 276. The van der Waals surface area contributed by atoms with E-state index in [4.69, 9.17) is 15.9 Å². The molecule has 0 aliphatic rings. The number of benzene rings is 1. The second kappa shape index (κ2) is 4.69. The van der Waals surface area contributed by atoms with Crippen LogP contribution < -0.4 is 11.1 Å². The summed E-state index contributed by atoms with van der Waals surface area (Å²) in [7, 11) is 0. The van der Waals surface area contributed by atoms with E-state index in [0.717, 1.165) is 11.3 Å². The first-order chi connectivity index (χ1) is 6.27. The van der Waals surface area contributed by atoms with Crippen LogP contribution in [0.3, 0.4) is 0 Å². The van der Waals surface area contributed by atoms with E-state index in [2.05, 4.69) is 5.32 Å². The molecular formula is C9H14N2O2. The minimum Gasteiger partial charge on any atom is -0.399 e. The summed E-state index contributed by atoms with van der Waals surface area (Å²) in [5, 5.41) is 20.6. The highest BCUT2D eigenvalue weighted by molar-refractivity contribution is 5.57. The number of hydrogen-bond acceptors (Lipinski definition) is 4. The molecule has 1 aromatic rings. The van der Waals surface area contributed by atoms with E-state index >= 15 is 0 Å². The SMILES string of the molecule is Nc1ccc(NCCO)c(CO)c1. The molecule has 0 amide bonds. The third-order valence-corrected chi connectivity index (χ3v) is 1.73. The van der Waals surface area contributed by atoms with E-state index in [1.807, 2.05) is 0 Å². The lowest BCUT2D eigenvalue weighted by atomic mass is 10.1. The molecule has 0 atom stereocenters. The molecule has 1 rings (SSSR count). The Balaban J connectivity index is 2.79. The summed E-state index contributed by atoms with van der Waals surface area (Å²) in [6, 6.07) is 5.25. The van der Waals surface area contributed by atoms with Gasteiger partial charge in [0.1, 0.15) is 0 Å². The second-order valence-corrected chi connectivity index (χ2v) is 2.73. The Morgan fingerprint density at radius 2 is 2.08 bits per heavy atom. The van der Waals surface area contributed by atoms with Crippen LogP contribution in [0.4, 0.5) is 11.4 Å². The third kappa shape index (κ3) is 2.61. The van der Waals surface area contributed by atoms with Gasteiger partial charge in [0.25, 0.3) is 0 Å². The monoisotopic (exact) mass is 182 g/mol. The molecule has 0 fully saturated rings. The van der Waals surface area contributed by atoms with Crippen molar-refractivity contribution in [3.8, 4) is 0 Å². The average Bonchev–Trinajstić information content (AvgIpc) is 2.16. The summed E-state index contributed by atoms with van der Waals surface area (Å²) >= 11 is 0. The molecule has 4 heteroatoms. The first-order valence-electron chi connectivity index (χ1n) is 4.12. The van der Waals surface area contributed by atoms with Crippen LogP contribution in [0.1, 0.15) is 5.56 Å². The van der Waals surface area contributed by atoms with Gasteiger partial charge in [-0.1, -0.05) is 0 Å². The molecule has 13 heavy (non-hydrogen) atoms. The Morgan fingerprint density at radius 1 is 1.31 bits per heavy atom. The smallest absolute Gasteiger partial charge is 0.0702 e. The van der Waals surface area contributed by atoms with Gasteiger partial charge >= 0.3 is 0 Å². The third-order valence-electron chi connectivity index (χ3n) is 1.73. The highest BCUT2D eigenvalue weighted by atomic mass is 16.3. The van der Waals surface area contributed by atoms with Gasteiger partial charge in [-0.15, -0.1) is 0 Å². The van der Waals surface area contributed by atoms with Crippen LogP contribution in [0, 0.1) is 0 Å². The maximum atomic E-state index is 8.98. The number of anilines is 2. The number of rotatable bonds is 4. The molecule has 0 aliphatic carbocycles. The van der Waals surface area contributed by atoms with Crippen LogP contribution in [-0.2, 0) is 6.61 Å². The predicted octanol–water partition coefficient (Wildman–Crippen LogP) is 0.165. The number of nitrogen functional groups attached to an aromatic ring is 1. The molecule has 0 saturated heterocycles. The molecule has 5 N–H and O–H groups in total. The van der Waals surface area contributed by atoms with E-state index in [0.29, 0.717) is 12.2 Å². The molecule has 0 spiro atoms. The second-order valence-electron chi connectivity index (χ2n) is 2.73. The molecule has 0 saturated carbocycles. The molecule has 4 nitrogen and oxygen atoms in total. The maximum absolute atomic E-state index is 8.98. The topological polar surface area (TPSA) is 78.5 Å². The fourth-order valence-electron chi connectivity index (χ4n) is 1.11. The zero-order valence-electron chi connectivity index (χ0n) is 7.33. The fraction of sp³-hybridized carbons (Fsp3) is 0.333. The van der Waals surface area contributed by atoms with E-state index in [1.54, 1.807) is 18.2 Å². The number of nitrogens with one attached hydrogen (secondary N) is 1. The Morgan fingerprint density at radius 3 is 2.69 bits per heavy atom. The van der Waals surface area contributed by atoms with Crippen LogP contribution >= 0.6 is 0 Å². The zero-order chi connectivity index (χ0) is 9.68. The largest absolute Gasteiger partial charge is 0.399 e. The van der Waals surface area contributed by atoms with Gasteiger partial charge in [0.15, 0.2) is 0 Å². The minimum atomic E-state index is -0.0567. The van der Waals surface area contributed by atoms with Crippen molar-refractivity contribution in [3.63, 3.8) is 0 Å². The lowest BCUT2D eigenvalue weighted by molar-refractivity contribution is 0.282. The fourth-order valence-corrected chi connectivity index (χ4v) is 1.11. The van der Waals surface area contributed by atoms with Crippen molar-refractivity contribution in [3.05, 3.63) is 23.8 Å². The molecular weight excluding hydrogens is 168 g/mol. The summed E-state index contributed by atoms with van der Waals surface area (Å²) in [5.41, 5.74) is 7.72. The van der Waals surface area contributed by atoms with Crippen LogP contribution in [-0.4, -0.2) is 23.4 Å². The van der Waals surface area contributed by atoms with Gasteiger partial charge in [0, 0.05) is 23.5 Å². The quantitative estimate of drug-likeness (QED) is 0.500. The lowest BCUT2D eigenvalue weighted by Crippen LogP contribution is -2.07. The van der Waals surface area contributed by atoms with E-state index in [-0.39, 0.29) is 13.2 Å². The molecule has 0 bridgehead atoms. The van der Waals surface area contributed by atoms with E-state index in [9.17, 15) is 0 Å². The summed E-state index contributed by atoms with van der Waals surface area (Å²) in [5.74, 6) is 0. The van der Waals surface area contributed by atoms with Gasteiger partial charge < -0.3 is 21.3 Å². The van der Waals surface area contributed by atoms with Gasteiger partial charge in [-0.3, -0.25) is 0 Å². The minimum absolute atomic E-state index is 0.0567. The maximum Gasteiger partial charge on any atom is 0.0702 e. The molecule has 0 aromatic heterocycles. The summed E-state index contributed by atoms with van der Waals surface area (Å²) < 4.78 is 0. The molecule has 1 aromatic carbocycles. The first-order valence-corrected chi connectivity index (χ1v) is 4.12. The predicted molar refractivity (Wildman–Crippen MR) is 52.4 cm³/mol. The van der Waals surface area contributed by atoms with Crippen LogP contribution in [0.15, 0.2) is 18.2 Å². The van der Waals surface area contributed by atoms with Crippen molar-refractivity contribution in [2.24, 2.45) is 0 Å². The van der Waals surface area contributed by atoms with E-state index in [1.165, 1.54) is 0 Å². The van der Waals surface area contributed by atoms with Crippen molar-refractivity contribution < 1.29 is 10.2 Å². The van der Waals surface area contributed by atoms with Gasteiger partial charge in [0.05, 0.1) is 13.2 Å². The van der Waals surface area contributed by atoms with E-state index < -0.39 is 0 Å². The van der Waals surface area contributed by atoms with Gasteiger partial charge in [-0.2, -0.15) is 0 Å². The Labute approximate surface area is 77.0 Å². The van der Waals surface area contributed by atoms with Crippen molar-refractivity contribution in [1.82, 2.24) is 0 Å². The van der Waals surface area contributed by atoms with Crippen molar-refractivity contribution in [1.29, 1.82) is 0 Å². The molecule has 0 aliphatic heterocycles. The van der Waals surface area contributed by atoms with Gasteiger partial charge in [0.2, 0.25) is 0 Å². The standard InChI is InChI=1S/C9H14N2O2/c10-8-1-2-9(11-3-4-12)7(5-8)6-13/h1-2,5,11-13H,3-4,6,10H2. The Hall–Kier alpha value is -1.26. The number of aliphatic hydroxyl groups excluding tert-OH is 2. The molecule has 0 radical (unpaired) electrons. The number of aliphatic hydroxyl groups is 2. The lowest BCUT2D eigenvalue weighted by Gasteiger charge is -2.09. The van der Waals surface area contributed by atoms with Gasteiger partial charge in [-0.25, -0.2) is 0 Å². The van der Waals surface area contributed by atoms with Crippen LogP contribution in [0.2, 0.25) is 0 Å². The number of hydrogen-bond donors (Lipinski definition) is 4. The molecule has 0 heterocycles. The summed E-state index contributed by atoms with van der Waals surface area (Å²) in [6.07, 6.45) is 0. The highest BCUT2D eigenvalue weighted by Gasteiger charge is 2.00. The highest BCUT2D eigenvalue weighted by Crippen LogP contribution is 2.18. The number of nitrogens with two attached hydrogens (primary N) is 1. The Kier molecular flexibility index (Phi) is 3.54. The van der Waals surface area contributed by atoms with Gasteiger partial charge in [-0.05, 0) is 18.2 Å². The summed E-state index contributed by atoms with van der Waals surface area (Å²) in [4.78, 5) is 0. The zero-order valence-corrected chi connectivity index (χ0v) is 7.33. The first kappa shape index (κ1) is 9.83. The molecule has 0 unspecified atom stereocenters. The van der Waals surface area contributed by atoms with Crippen molar-refractivity contribution >= 4 is 11.4 Å². The van der Waals surface area contributed by atoms with Crippen molar-refractivity contribution in [2.45, 2.75) is 6.61 Å². The van der Waals surface area contributed by atoms with Crippen LogP contribution in [0.5, 0.6) is 0 Å². The van der Waals surface area contributed by atoms with Crippen molar-refractivity contribution in [2.75, 3.05) is 24.2 Å². The normalized spacial score (nSPS) is 10.0.